The van der Waals surface area contributed by atoms with E-state index < -0.39 is 5.54 Å². The quantitative estimate of drug-likeness (QED) is 0.916. The lowest BCUT2D eigenvalue weighted by Crippen LogP contribution is -2.57. The van der Waals surface area contributed by atoms with Crippen molar-refractivity contribution in [2.45, 2.75) is 38.3 Å². The molecule has 1 atom stereocenters. The van der Waals surface area contributed by atoms with Crippen molar-refractivity contribution in [2.24, 2.45) is 0 Å². The summed E-state index contributed by atoms with van der Waals surface area (Å²) in [5.74, 6) is 0.0391. The van der Waals surface area contributed by atoms with E-state index in [-0.39, 0.29) is 5.91 Å². The van der Waals surface area contributed by atoms with E-state index in [0.29, 0.717) is 6.54 Å². The summed E-state index contributed by atoms with van der Waals surface area (Å²) in [6.45, 7) is 4.73. The highest BCUT2D eigenvalue weighted by Crippen LogP contribution is 2.29. The Hall–Kier alpha value is -2.14. The Morgan fingerprint density at radius 3 is 2.67 bits per heavy atom. The summed E-state index contributed by atoms with van der Waals surface area (Å²) in [4.78, 5) is 15.0. The van der Waals surface area contributed by atoms with E-state index in [2.05, 4.69) is 46.5 Å². The number of benzene rings is 1. The Kier molecular flexibility index (Phi) is 5.00. The zero-order valence-electron chi connectivity index (χ0n) is 14.5. The molecule has 1 amide bonds. The van der Waals surface area contributed by atoms with Crippen molar-refractivity contribution in [1.29, 1.82) is 0 Å². The third-order valence-corrected chi connectivity index (χ3v) is 4.98. The average Bonchev–Trinajstić information content (AvgIpc) is 3.17. The second kappa shape index (κ2) is 7.18. The molecule has 0 aliphatic carbocycles. The summed E-state index contributed by atoms with van der Waals surface area (Å²) in [7, 11) is 1.70. The molecule has 1 N–H and O–H groups in total. The molecule has 1 unspecified atom stereocenters. The van der Waals surface area contributed by atoms with Crippen LogP contribution in [0.4, 0.5) is 0 Å². The minimum absolute atomic E-state index is 0.0391. The highest BCUT2D eigenvalue weighted by atomic mass is 16.2. The lowest BCUT2D eigenvalue weighted by atomic mass is 9.87. The average molecular weight is 326 g/mol. The molecule has 5 nitrogen and oxygen atoms in total. The van der Waals surface area contributed by atoms with E-state index in [1.165, 1.54) is 11.1 Å². The van der Waals surface area contributed by atoms with E-state index in [4.69, 9.17) is 0 Å². The van der Waals surface area contributed by atoms with Crippen molar-refractivity contribution < 1.29 is 4.79 Å². The topological polar surface area (TPSA) is 50.2 Å². The highest BCUT2D eigenvalue weighted by molar-refractivity contribution is 5.84. The Morgan fingerprint density at radius 1 is 1.29 bits per heavy atom. The van der Waals surface area contributed by atoms with Gasteiger partial charge >= 0.3 is 0 Å². The molecule has 0 spiro atoms. The first kappa shape index (κ1) is 16.7. The molecule has 2 aromatic rings. The molecule has 0 radical (unpaired) electrons. The fourth-order valence-electron chi connectivity index (χ4n) is 3.63. The van der Waals surface area contributed by atoms with E-state index in [1.54, 1.807) is 13.2 Å². The predicted molar refractivity (Wildman–Crippen MR) is 94.6 cm³/mol. The molecular weight excluding hydrogens is 300 g/mol. The molecule has 1 aromatic carbocycles. The lowest BCUT2D eigenvalue weighted by Gasteiger charge is -2.41. The minimum atomic E-state index is -0.611. The maximum atomic E-state index is 12.7. The largest absolute Gasteiger partial charge is 0.357 e. The standard InChI is InChI=1S/C19H26N4O/c1-3-16-6-8-17(9-7-16)14-22-12-4-10-19(15-22,18(24)20-2)23-13-5-11-21-23/h5-9,11,13H,3-4,10,12,14-15H2,1-2H3,(H,20,24). The predicted octanol–water partition coefficient (Wildman–Crippen LogP) is 2.18. The molecular formula is C19H26N4O. The zero-order valence-corrected chi connectivity index (χ0v) is 14.5. The second-order valence-electron chi connectivity index (χ2n) is 6.55. The van der Waals surface area contributed by atoms with Gasteiger partial charge in [-0.05, 0) is 43.0 Å². The number of aryl methyl sites for hydroxylation is 1. The third-order valence-electron chi connectivity index (χ3n) is 4.98. The van der Waals surface area contributed by atoms with Crippen LogP contribution in [0.15, 0.2) is 42.7 Å². The Balaban J connectivity index is 1.79. The van der Waals surface area contributed by atoms with Gasteiger partial charge in [-0.25, -0.2) is 0 Å². The maximum Gasteiger partial charge on any atom is 0.249 e. The number of rotatable bonds is 5. The molecule has 0 bridgehead atoms. The molecule has 0 saturated carbocycles. The first-order chi connectivity index (χ1) is 11.7. The SMILES string of the molecule is CCc1ccc(CN2CCCC(C(=O)NC)(n3cccn3)C2)cc1. The van der Waals surface area contributed by atoms with Crippen molar-refractivity contribution in [3.05, 3.63) is 53.9 Å². The number of nitrogens with zero attached hydrogens (tertiary/aromatic N) is 3. The summed E-state index contributed by atoms with van der Waals surface area (Å²) < 4.78 is 1.83. The van der Waals surface area contributed by atoms with Gasteiger partial charge in [-0.3, -0.25) is 14.4 Å². The van der Waals surface area contributed by atoms with Crippen molar-refractivity contribution in [3.63, 3.8) is 0 Å². The van der Waals surface area contributed by atoms with Crippen LogP contribution in [-0.2, 0) is 23.3 Å². The number of carbonyl (C=O) groups excluding carboxylic acids is 1. The van der Waals surface area contributed by atoms with Gasteiger partial charge in [0, 0.05) is 32.5 Å². The molecule has 24 heavy (non-hydrogen) atoms. The van der Waals surface area contributed by atoms with E-state index >= 15 is 0 Å². The Bertz CT molecular complexity index is 665. The van der Waals surface area contributed by atoms with Crippen LogP contribution >= 0.6 is 0 Å². The smallest absolute Gasteiger partial charge is 0.249 e. The monoisotopic (exact) mass is 326 g/mol. The van der Waals surface area contributed by atoms with Crippen LogP contribution in [0.3, 0.4) is 0 Å². The molecule has 1 saturated heterocycles. The van der Waals surface area contributed by atoms with Crippen LogP contribution < -0.4 is 5.32 Å². The van der Waals surface area contributed by atoms with Gasteiger partial charge in [-0.15, -0.1) is 0 Å². The molecule has 1 aromatic heterocycles. The van der Waals surface area contributed by atoms with Crippen molar-refractivity contribution >= 4 is 5.91 Å². The van der Waals surface area contributed by atoms with Gasteiger partial charge in [-0.2, -0.15) is 5.10 Å². The van der Waals surface area contributed by atoms with Crippen molar-refractivity contribution in [2.75, 3.05) is 20.1 Å². The number of likely N-dealkylation sites (tertiary alicyclic amines) is 1. The van der Waals surface area contributed by atoms with Crippen molar-refractivity contribution in [3.8, 4) is 0 Å². The number of amides is 1. The normalized spacial score (nSPS) is 21.6. The van der Waals surface area contributed by atoms with Gasteiger partial charge in [0.1, 0.15) is 0 Å². The van der Waals surface area contributed by atoms with Crippen LogP contribution in [-0.4, -0.2) is 40.7 Å². The van der Waals surface area contributed by atoms with E-state index in [9.17, 15) is 4.79 Å². The summed E-state index contributed by atoms with van der Waals surface area (Å²) in [5.41, 5.74) is 2.04. The van der Waals surface area contributed by atoms with Crippen LogP contribution in [0, 0.1) is 0 Å². The van der Waals surface area contributed by atoms with Crippen LogP contribution in [0.25, 0.3) is 0 Å². The Labute approximate surface area is 143 Å². The maximum absolute atomic E-state index is 12.7. The van der Waals surface area contributed by atoms with Gasteiger partial charge in [0.2, 0.25) is 5.91 Å². The van der Waals surface area contributed by atoms with Gasteiger partial charge in [0.05, 0.1) is 0 Å². The van der Waals surface area contributed by atoms with Gasteiger partial charge < -0.3 is 5.32 Å². The number of nitrogens with one attached hydrogen (secondary N) is 1. The summed E-state index contributed by atoms with van der Waals surface area (Å²) in [6.07, 6.45) is 6.50. The number of piperidine rings is 1. The zero-order chi connectivity index (χ0) is 17.0. The fourth-order valence-corrected chi connectivity index (χ4v) is 3.63. The molecule has 1 aliphatic heterocycles. The third kappa shape index (κ3) is 3.22. The fraction of sp³-hybridized carbons (Fsp3) is 0.474. The number of hydrogen-bond donors (Lipinski definition) is 1. The summed E-state index contributed by atoms with van der Waals surface area (Å²) >= 11 is 0. The van der Waals surface area contributed by atoms with Crippen LogP contribution in [0.1, 0.15) is 30.9 Å². The van der Waals surface area contributed by atoms with Gasteiger partial charge in [-0.1, -0.05) is 31.2 Å². The Morgan fingerprint density at radius 2 is 2.04 bits per heavy atom. The van der Waals surface area contributed by atoms with E-state index in [1.807, 2.05) is 16.9 Å². The minimum Gasteiger partial charge on any atom is -0.357 e. The molecule has 128 valence electrons. The lowest BCUT2D eigenvalue weighted by molar-refractivity contribution is -0.133. The molecule has 2 heterocycles. The molecule has 3 rings (SSSR count). The number of hydrogen-bond acceptors (Lipinski definition) is 3. The number of aromatic nitrogens is 2. The molecule has 5 heteroatoms. The summed E-state index contributed by atoms with van der Waals surface area (Å²) in [5, 5.41) is 7.21. The molecule has 1 aliphatic rings. The van der Waals surface area contributed by atoms with Gasteiger partial charge in [0.25, 0.3) is 0 Å². The van der Waals surface area contributed by atoms with E-state index in [0.717, 1.165) is 32.4 Å². The van der Waals surface area contributed by atoms with Crippen LogP contribution in [0.2, 0.25) is 0 Å². The second-order valence-corrected chi connectivity index (χ2v) is 6.55. The molecule has 1 fully saturated rings. The first-order valence-corrected chi connectivity index (χ1v) is 8.70. The summed E-state index contributed by atoms with van der Waals surface area (Å²) in [6, 6.07) is 10.7. The van der Waals surface area contributed by atoms with Crippen molar-refractivity contribution in [1.82, 2.24) is 20.0 Å². The van der Waals surface area contributed by atoms with Gasteiger partial charge in [0.15, 0.2) is 5.54 Å². The number of likely N-dealkylation sites (N-methyl/N-ethyl adjacent to an activating group) is 1. The van der Waals surface area contributed by atoms with Crippen LogP contribution in [0.5, 0.6) is 0 Å². The number of carbonyl (C=O) groups is 1. The first-order valence-electron chi connectivity index (χ1n) is 8.70. The highest BCUT2D eigenvalue weighted by Gasteiger charge is 2.43.